The molecule has 0 fully saturated rings. The molecule has 39 heavy (non-hydrogen) atoms. The number of anilines is 1. The molecule has 1 unspecified atom stereocenters. The van der Waals surface area contributed by atoms with Crippen LogP contribution in [-0.2, 0) is 32.6 Å². The number of hydrogen-bond donors (Lipinski definition) is 1. The maximum absolute atomic E-state index is 14.7. The standard InChI is InChI=1S/C28H32FN3O6S/c1-30-28(34)25(16-20-10-6-5-7-11-20)31(18-21-12-8-9-13-23(21)29)27(33)19-32(39(4,35)36)24-17-22(37-2)14-15-26(24)38-3/h5-15,17,25H,16,18-19H2,1-4H3,(H,30,34). The third kappa shape index (κ3) is 7.47. The molecule has 0 aliphatic rings. The van der Waals surface area contributed by atoms with Crippen LogP contribution in [-0.4, -0.2) is 65.2 Å². The highest BCUT2D eigenvalue weighted by atomic mass is 32.2. The summed E-state index contributed by atoms with van der Waals surface area (Å²) in [6, 6.07) is 18.5. The molecule has 0 saturated heterocycles. The lowest BCUT2D eigenvalue weighted by Gasteiger charge is -2.33. The van der Waals surface area contributed by atoms with Crippen molar-refractivity contribution in [3.63, 3.8) is 0 Å². The van der Waals surface area contributed by atoms with Crippen LogP contribution in [0, 0.1) is 5.82 Å². The van der Waals surface area contributed by atoms with Crippen molar-refractivity contribution in [2.75, 3.05) is 38.4 Å². The van der Waals surface area contributed by atoms with Crippen molar-refractivity contribution >= 4 is 27.5 Å². The van der Waals surface area contributed by atoms with E-state index in [1.807, 2.05) is 18.2 Å². The number of benzene rings is 3. The average molecular weight is 558 g/mol. The summed E-state index contributed by atoms with van der Waals surface area (Å²) < 4.78 is 52.1. The molecule has 0 saturated carbocycles. The Morgan fingerprint density at radius 1 is 0.974 bits per heavy atom. The van der Waals surface area contributed by atoms with E-state index in [4.69, 9.17) is 9.47 Å². The predicted molar refractivity (Wildman–Crippen MR) is 147 cm³/mol. The molecule has 0 bridgehead atoms. The van der Waals surface area contributed by atoms with Gasteiger partial charge in [0.2, 0.25) is 21.8 Å². The van der Waals surface area contributed by atoms with E-state index in [0.717, 1.165) is 16.1 Å². The molecule has 1 atom stereocenters. The number of methoxy groups -OCH3 is 2. The molecular formula is C28H32FN3O6S. The van der Waals surface area contributed by atoms with Gasteiger partial charge in [-0.1, -0.05) is 48.5 Å². The third-order valence-electron chi connectivity index (χ3n) is 6.15. The van der Waals surface area contributed by atoms with E-state index in [2.05, 4.69) is 5.32 Å². The molecule has 3 aromatic carbocycles. The number of carbonyl (C=O) groups is 2. The van der Waals surface area contributed by atoms with E-state index in [1.54, 1.807) is 24.3 Å². The summed E-state index contributed by atoms with van der Waals surface area (Å²) in [7, 11) is 0.221. The number of likely N-dealkylation sites (N-methyl/N-ethyl adjacent to an activating group) is 1. The number of hydrogen-bond acceptors (Lipinski definition) is 6. The van der Waals surface area contributed by atoms with Crippen molar-refractivity contribution in [3.8, 4) is 11.5 Å². The number of ether oxygens (including phenoxy) is 2. The van der Waals surface area contributed by atoms with Gasteiger partial charge < -0.3 is 19.7 Å². The van der Waals surface area contributed by atoms with E-state index < -0.39 is 40.2 Å². The van der Waals surface area contributed by atoms with Gasteiger partial charge in [0.05, 0.1) is 26.2 Å². The minimum atomic E-state index is -4.02. The molecule has 11 heteroatoms. The Hall–Kier alpha value is -4.12. The van der Waals surface area contributed by atoms with Crippen LogP contribution in [0.3, 0.4) is 0 Å². The minimum absolute atomic E-state index is 0.0816. The highest BCUT2D eigenvalue weighted by Gasteiger charge is 2.34. The van der Waals surface area contributed by atoms with Crippen molar-refractivity contribution in [2.24, 2.45) is 0 Å². The fraction of sp³-hybridized carbons (Fsp3) is 0.286. The Morgan fingerprint density at radius 3 is 2.23 bits per heavy atom. The van der Waals surface area contributed by atoms with Crippen molar-refractivity contribution < 1.29 is 31.9 Å². The van der Waals surface area contributed by atoms with Gasteiger partial charge in [-0.3, -0.25) is 13.9 Å². The summed E-state index contributed by atoms with van der Waals surface area (Å²) in [5.41, 5.74) is 1.03. The van der Waals surface area contributed by atoms with Crippen LogP contribution in [0.4, 0.5) is 10.1 Å². The van der Waals surface area contributed by atoms with Crippen LogP contribution in [0.5, 0.6) is 11.5 Å². The van der Waals surface area contributed by atoms with Gasteiger partial charge in [-0.15, -0.1) is 0 Å². The second-order valence-corrected chi connectivity index (χ2v) is 10.6. The second kappa shape index (κ2) is 13.1. The van der Waals surface area contributed by atoms with Gasteiger partial charge in [-0.05, 0) is 23.8 Å². The van der Waals surface area contributed by atoms with Crippen molar-refractivity contribution in [3.05, 3.63) is 89.7 Å². The Bertz CT molecular complexity index is 1400. The first kappa shape index (κ1) is 29.4. The number of rotatable bonds is 12. The lowest BCUT2D eigenvalue weighted by molar-refractivity contribution is -0.139. The monoisotopic (exact) mass is 557 g/mol. The van der Waals surface area contributed by atoms with Crippen LogP contribution in [0.25, 0.3) is 0 Å². The van der Waals surface area contributed by atoms with Gasteiger partial charge in [-0.25, -0.2) is 12.8 Å². The van der Waals surface area contributed by atoms with Gasteiger partial charge in [0.1, 0.15) is 29.9 Å². The maximum Gasteiger partial charge on any atom is 0.244 e. The summed E-state index contributed by atoms with van der Waals surface area (Å²) in [5.74, 6) is -1.20. The molecule has 9 nitrogen and oxygen atoms in total. The molecule has 1 N–H and O–H groups in total. The maximum atomic E-state index is 14.7. The number of nitrogens with one attached hydrogen (secondary N) is 1. The van der Waals surface area contributed by atoms with Crippen LogP contribution in [0.1, 0.15) is 11.1 Å². The van der Waals surface area contributed by atoms with E-state index in [-0.39, 0.29) is 30.0 Å². The average Bonchev–Trinajstić information content (AvgIpc) is 2.93. The fourth-order valence-corrected chi connectivity index (χ4v) is 4.96. The number of amides is 2. The van der Waals surface area contributed by atoms with Crippen LogP contribution in [0.15, 0.2) is 72.8 Å². The summed E-state index contributed by atoms with van der Waals surface area (Å²) >= 11 is 0. The molecule has 208 valence electrons. The largest absolute Gasteiger partial charge is 0.497 e. The van der Waals surface area contributed by atoms with Crippen LogP contribution in [0.2, 0.25) is 0 Å². The summed E-state index contributed by atoms with van der Waals surface area (Å²) in [6.07, 6.45) is 1.09. The first-order valence-electron chi connectivity index (χ1n) is 12.1. The highest BCUT2D eigenvalue weighted by molar-refractivity contribution is 7.92. The number of halogens is 1. The number of nitrogens with zero attached hydrogens (tertiary/aromatic N) is 2. The zero-order chi connectivity index (χ0) is 28.6. The molecule has 0 spiro atoms. The fourth-order valence-electron chi connectivity index (χ4n) is 4.12. The Kier molecular flexibility index (Phi) is 9.89. The zero-order valence-corrected chi connectivity index (χ0v) is 23.1. The summed E-state index contributed by atoms with van der Waals surface area (Å²) in [5, 5.41) is 2.57. The lowest BCUT2D eigenvalue weighted by atomic mass is 10.0. The first-order chi connectivity index (χ1) is 18.6. The SMILES string of the molecule is CNC(=O)C(Cc1ccccc1)N(Cc1ccccc1F)C(=O)CN(c1cc(OC)ccc1OC)S(C)(=O)=O. The first-order valence-corrected chi connectivity index (χ1v) is 13.9. The molecule has 0 aromatic heterocycles. The molecule has 0 aliphatic heterocycles. The topological polar surface area (TPSA) is 105 Å². The van der Waals surface area contributed by atoms with Gasteiger partial charge >= 0.3 is 0 Å². The Morgan fingerprint density at radius 2 is 1.64 bits per heavy atom. The van der Waals surface area contributed by atoms with E-state index in [9.17, 15) is 22.4 Å². The molecule has 0 heterocycles. The van der Waals surface area contributed by atoms with Crippen molar-refractivity contribution in [2.45, 2.75) is 19.0 Å². The third-order valence-corrected chi connectivity index (χ3v) is 7.28. The summed E-state index contributed by atoms with van der Waals surface area (Å²) in [4.78, 5) is 28.3. The molecule has 0 aliphatic carbocycles. The smallest absolute Gasteiger partial charge is 0.244 e. The number of carbonyl (C=O) groups excluding carboxylic acids is 2. The van der Waals surface area contributed by atoms with Crippen LogP contribution < -0.4 is 19.1 Å². The van der Waals surface area contributed by atoms with Crippen molar-refractivity contribution in [1.82, 2.24) is 10.2 Å². The quantitative estimate of drug-likeness (QED) is 0.367. The van der Waals surface area contributed by atoms with E-state index >= 15 is 0 Å². The van der Waals surface area contributed by atoms with Gasteiger partial charge in [-0.2, -0.15) is 0 Å². The predicted octanol–water partition coefficient (Wildman–Crippen LogP) is 3.00. The number of sulfonamides is 1. The van der Waals surface area contributed by atoms with Crippen molar-refractivity contribution in [1.29, 1.82) is 0 Å². The minimum Gasteiger partial charge on any atom is -0.497 e. The highest BCUT2D eigenvalue weighted by Crippen LogP contribution is 2.34. The van der Waals surface area contributed by atoms with Gasteiger partial charge in [0.15, 0.2) is 0 Å². The zero-order valence-electron chi connectivity index (χ0n) is 22.3. The molecule has 3 rings (SSSR count). The van der Waals surface area contributed by atoms with Crippen LogP contribution >= 0.6 is 0 Å². The second-order valence-electron chi connectivity index (χ2n) is 8.74. The van der Waals surface area contributed by atoms with E-state index in [1.165, 1.54) is 56.5 Å². The normalized spacial score (nSPS) is 11.8. The van der Waals surface area contributed by atoms with Gasteiger partial charge in [0, 0.05) is 31.6 Å². The van der Waals surface area contributed by atoms with Gasteiger partial charge in [0.25, 0.3) is 0 Å². The summed E-state index contributed by atoms with van der Waals surface area (Å²) in [6.45, 7) is -0.928. The molecule has 0 radical (unpaired) electrons. The van der Waals surface area contributed by atoms with E-state index in [0.29, 0.717) is 5.75 Å². The Balaban J connectivity index is 2.09. The lowest BCUT2D eigenvalue weighted by Crippen LogP contribution is -2.53. The molecule has 3 aromatic rings. The molecular weight excluding hydrogens is 525 g/mol. The molecule has 2 amide bonds. The Labute approximate surface area is 228 Å².